The van der Waals surface area contributed by atoms with Crippen LogP contribution in [0.2, 0.25) is 0 Å². The summed E-state index contributed by atoms with van der Waals surface area (Å²) in [5, 5.41) is 8.85. The van der Waals surface area contributed by atoms with E-state index < -0.39 is 0 Å². The van der Waals surface area contributed by atoms with Crippen molar-refractivity contribution < 1.29 is 9.50 Å². The summed E-state index contributed by atoms with van der Waals surface area (Å²) in [6.45, 7) is -0.136. The minimum atomic E-state index is -0.350. The van der Waals surface area contributed by atoms with Gasteiger partial charge in [-0.15, -0.1) is 0 Å². The van der Waals surface area contributed by atoms with Crippen LogP contribution in [0, 0.1) is 5.82 Å². The summed E-state index contributed by atoms with van der Waals surface area (Å²) >= 11 is 3.26. The van der Waals surface area contributed by atoms with Crippen LogP contribution in [-0.4, -0.2) is 15.1 Å². The van der Waals surface area contributed by atoms with Gasteiger partial charge in [-0.1, -0.05) is 15.9 Å². The van der Waals surface area contributed by atoms with Crippen LogP contribution >= 0.6 is 15.9 Å². The van der Waals surface area contributed by atoms with E-state index in [1.807, 2.05) is 0 Å². The van der Waals surface area contributed by atoms with Gasteiger partial charge in [0, 0.05) is 4.47 Å². The lowest BCUT2D eigenvalue weighted by Gasteiger charge is -1.99. The van der Waals surface area contributed by atoms with Gasteiger partial charge in [0.1, 0.15) is 11.6 Å². The van der Waals surface area contributed by atoms with Crippen LogP contribution in [-0.2, 0) is 6.61 Å². The highest BCUT2D eigenvalue weighted by atomic mass is 79.9. The lowest BCUT2D eigenvalue weighted by atomic mass is 10.2. The molecule has 3 nitrogen and oxygen atoms in total. The fraction of sp³-hybridized carbons (Fsp3) is 0.100. The molecule has 0 saturated carbocycles. The molecular weight excluding hydrogens is 263 g/mol. The van der Waals surface area contributed by atoms with Crippen LogP contribution in [0.25, 0.3) is 11.4 Å². The molecule has 0 unspecified atom stereocenters. The van der Waals surface area contributed by atoms with Crippen molar-refractivity contribution in [3.8, 4) is 11.4 Å². The number of rotatable bonds is 2. The van der Waals surface area contributed by atoms with Crippen LogP contribution in [0.3, 0.4) is 0 Å². The molecule has 0 fully saturated rings. The van der Waals surface area contributed by atoms with Crippen LogP contribution in [0.5, 0.6) is 0 Å². The highest BCUT2D eigenvalue weighted by Gasteiger charge is 2.08. The van der Waals surface area contributed by atoms with Crippen molar-refractivity contribution in [1.82, 2.24) is 9.97 Å². The van der Waals surface area contributed by atoms with Crippen molar-refractivity contribution in [2.45, 2.75) is 6.61 Å². The van der Waals surface area contributed by atoms with Crippen molar-refractivity contribution in [2.75, 3.05) is 0 Å². The van der Waals surface area contributed by atoms with Gasteiger partial charge < -0.3 is 10.1 Å². The highest BCUT2D eigenvalue weighted by Crippen LogP contribution is 2.23. The van der Waals surface area contributed by atoms with Crippen molar-refractivity contribution in [3.63, 3.8) is 0 Å². The summed E-state index contributed by atoms with van der Waals surface area (Å²) in [6, 6.07) is 4.62. The zero-order valence-electron chi connectivity index (χ0n) is 7.67. The Labute approximate surface area is 94.1 Å². The number of nitrogens with zero attached hydrogens (tertiary/aromatic N) is 1. The number of H-pyrrole nitrogens is 1. The second-order valence-corrected chi connectivity index (χ2v) is 3.96. The number of imidazole rings is 1. The molecule has 0 aliphatic heterocycles. The average Bonchev–Trinajstić information content (AvgIpc) is 2.70. The molecule has 1 heterocycles. The van der Waals surface area contributed by atoms with Gasteiger partial charge in [-0.2, -0.15) is 0 Å². The van der Waals surface area contributed by atoms with Gasteiger partial charge in [0.2, 0.25) is 0 Å². The Balaban J connectivity index is 2.48. The molecule has 0 amide bonds. The number of halogens is 2. The van der Waals surface area contributed by atoms with Gasteiger partial charge in [-0.05, 0) is 18.2 Å². The smallest absolute Gasteiger partial charge is 0.140 e. The van der Waals surface area contributed by atoms with Gasteiger partial charge in [0.05, 0.1) is 24.1 Å². The number of aliphatic hydroxyl groups excluding tert-OH is 1. The van der Waals surface area contributed by atoms with Gasteiger partial charge in [0.25, 0.3) is 0 Å². The molecule has 1 aromatic heterocycles. The van der Waals surface area contributed by atoms with Crippen LogP contribution in [0.4, 0.5) is 4.39 Å². The monoisotopic (exact) mass is 270 g/mol. The molecule has 78 valence electrons. The van der Waals surface area contributed by atoms with Crippen LogP contribution in [0.15, 0.2) is 28.9 Å². The van der Waals surface area contributed by atoms with E-state index in [9.17, 15) is 4.39 Å². The molecule has 0 atom stereocenters. The Bertz CT molecular complexity index is 484. The fourth-order valence-corrected chi connectivity index (χ4v) is 1.62. The minimum Gasteiger partial charge on any atom is -0.390 e. The van der Waals surface area contributed by atoms with Crippen LogP contribution < -0.4 is 0 Å². The molecule has 2 aromatic rings. The largest absolute Gasteiger partial charge is 0.390 e. The molecule has 15 heavy (non-hydrogen) atoms. The SMILES string of the molecule is OCc1cnc(-c2cc(Br)ccc2F)[nH]1. The number of hydrogen-bond donors (Lipinski definition) is 2. The molecule has 0 aliphatic rings. The van der Waals surface area contributed by atoms with E-state index in [2.05, 4.69) is 25.9 Å². The van der Waals surface area contributed by atoms with E-state index in [1.165, 1.54) is 12.3 Å². The molecule has 2 N–H and O–H groups in total. The Kier molecular flexibility index (Phi) is 2.83. The summed E-state index contributed by atoms with van der Waals surface area (Å²) in [6.07, 6.45) is 1.48. The van der Waals surface area contributed by atoms with Crippen molar-refractivity contribution >= 4 is 15.9 Å². The maximum absolute atomic E-state index is 13.4. The van der Waals surface area contributed by atoms with Crippen molar-refractivity contribution in [2.24, 2.45) is 0 Å². The van der Waals surface area contributed by atoms with Crippen molar-refractivity contribution in [3.05, 3.63) is 40.4 Å². The average molecular weight is 271 g/mol. The molecule has 2 rings (SSSR count). The van der Waals surface area contributed by atoms with E-state index in [-0.39, 0.29) is 12.4 Å². The van der Waals surface area contributed by atoms with Gasteiger partial charge >= 0.3 is 0 Å². The third-order valence-electron chi connectivity index (χ3n) is 1.98. The number of aromatic nitrogens is 2. The molecule has 0 bridgehead atoms. The fourth-order valence-electron chi connectivity index (χ4n) is 1.26. The van der Waals surface area contributed by atoms with Gasteiger partial charge in [0.15, 0.2) is 0 Å². The molecule has 0 spiro atoms. The molecule has 5 heteroatoms. The highest BCUT2D eigenvalue weighted by molar-refractivity contribution is 9.10. The molecule has 0 saturated heterocycles. The van der Waals surface area contributed by atoms with Gasteiger partial charge in [-0.25, -0.2) is 9.37 Å². The first-order chi connectivity index (χ1) is 7.20. The Morgan fingerprint density at radius 3 is 2.93 bits per heavy atom. The number of aliphatic hydroxyl groups is 1. The number of nitrogens with one attached hydrogen (secondary N) is 1. The Hall–Kier alpha value is -1.20. The lowest BCUT2D eigenvalue weighted by Crippen LogP contribution is -1.87. The summed E-state index contributed by atoms with van der Waals surface area (Å²) in [5.41, 5.74) is 0.938. The summed E-state index contributed by atoms with van der Waals surface area (Å²) in [7, 11) is 0. The number of benzene rings is 1. The first-order valence-electron chi connectivity index (χ1n) is 4.31. The standard InChI is InChI=1S/C10H8BrFN2O/c11-6-1-2-9(12)8(3-6)10-13-4-7(5-15)14-10/h1-4,15H,5H2,(H,13,14). The first kappa shape index (κ1) is 10.3. The molecule has 1 aromatic carbocycles. The summed E-state index contributed by atoms with van der Waals surface area (Å²) < 4.78 is 14.2. The second-order valence-electron chi connectivity index (χ2n) is 3.04. The lowest BCUT2D eigenvalue weighted by molar-refractivity contribution is 0.277. The first-order valence-corrected chi connectivity index (χ1v) is 5.10. The normalized spacial score (nSPS) is 10.6. The van der Waals surface area contributed by atoms with Gasteiger partial charge in [-0.3, -0.25) is 0 Å². The van der Waals surface area contributed by atoms with Crippen LogP contribution in [0.1, 0.15) is 5.69 Å². The van der Waals surface area contributed by atoms with Crippen molar-refractivity contribution in [1.29, 1.82) is 0 Å². The molecular formula is C10H8BrFN2O. The summed E-state index contributed by atoms with van der Waals surface area (Å²) in [4.78, 5) is 6.81. The molecule has 0 aliphatic carbocycles. The maximum Gasteiger partial charge on any atom is 0.140 e. The maximum atomic E-state index is 13.4. The predicted octanol–water partition coefficient (Wildman–Crippen LogP) is 2.47. The van der Waals surface area contributed by atoms with E-state index >= 15 is 0 Å². The zero-order chi connectivity index (χ0) is 10.8. The van der Waals surface area contributed by atoms with E-state index in [1.54, 1.807) is 12.1 Å². The van der Waals surface area contributed by atoms with E-state index in [0.717, 1.165) is 4.47 Å². The number of hydrogen-bond acceptors (Lipinski definition) is 2. The zero-order valence-corrected chi connectivity index (χ0v) is 9.25. The second kappa shape index (κ2) is 4.12. The molecule has 0 radical (unpaired) electrons. The predicted molar refractivity (Wildman–Crippen MR) is 57.6 cm³/mol. The Morgan fingerprint density at radius 1 is 1.47 bits per heavy atom. The topological polar surface area (TPSA) is 48.9 Å². The van der Waals surface area contributed by atoms with E-state index in [0.29, 0.717) is 17.1 Å². The quantitative estimate of drug-likeness (QED) is 0.881. The summed E-state index contributed by atoms with van der Waals surface area (Å²) in [5.74, 6) is 0.0647. The number of aromatic amines is 1. The van der Waals surface area contributed by atoms with E-state index in [4.69, 9.17) is 5.11 Å². The third kappa shape index (κ3) is 2.08. The minimum absolute atomic E-state index is 0.136. The Morgan fingerprint density at radius 2 is 2.27 bits per heavy atom. The third-order valence-corrected chi connectivity index (χ3v) is 2.48.